The number of pyridine rings is 1. The van der Waals surface area contributed by atoms with Gasteiger partial charge >= 0.3 is 0 Å². The zero-order valence-electron chi connectivity index (χ0n) is 10.5. The minimum Gasteiger partial charge on any atom is -0.264 e. The summed E-state index contributed by atoms with van der Waals surface area (Å²) in [6, 6.07) is 3.49. The molecule has 0 N–H and O–H groups in total. The van der Waals surface area contributed by atoms with E-state index in [0.717, 1.165) is 5.39 Å². The quantitative estimate of drug-likeness (QED) is 0.845. The van der Waals surface area contributed by atoms with E-state index in [4.69, 9.17) is 0 Å². The first-order valence-corrected chi connectivity index (χ1v) is 7.49. The highest BCUT2D eigenvalue weighted by Crippen LogP contribution is 2.30. The van der Waals surface area contributed by atoms with Crippen LogP contribution in [0.5, 0.6) is 0 Å². The van der Waals surface area contributed by atoms with Crippen LogP contribution in [0.2, 0.25) is 0 Å². The molecule has 4 nitrogen and oxygen atoms in total. The molecular weight excluding hydrogens is 260 g/mol. The van der Waals surface area contributed by atoms with Crippen molar-refractivity contribution in [2.75, 3.05) is 0 Å². The minimum absolute atomic E-state index is 0.483. The molecule has 19 heavy (non-hydrogen) atoms. The smallest absolute Gasteiger partial charge is 0.248 e. The van der Waals surface area contributed by atoms with Gasteiger partial charge in [-0.3, -0.25) is 4.98 Å². The van der Waals surface area contributed by atoms with E-state index in [1.165, 1.54) is 3.97 Å². The van der Waals surface area contributed by atoms with Gasteiger partial charge in [0, 0.05) is 24.0 Å². The molecule has 0 saturated carbocycles. The third-order valence-electron chi connectivity index (χ3n) is 3.52. The van der Waals surface area contributed by atoms with Crippen molar-refractivity contribution < 1.29 is 8.42 Å². The van der Waals surface area contributed by atoms with Crippen molar-refractivity contribution in [3.63, 3.8) is 0 Å². The lowest BCUT2D eigenvalue weighted by molar-refractivity contribution is 0.555. The van der Waals surface area contributed by atoms with Crippen LogP contribution in [0.15, 0.2) is 55.0 Å². The first-order chi connectivity index (χ1) is 9.05. The molecule has 0 saturated heterocycles. The van der Waals surface area contributed by atoms with Crippen LogP contribution in [0.4, 0.5) is 0 Å². The van der Waals surface area contributed by atoms with E-state index >= 15 is 0 Å². The molecule has 5 heteroatoms. The van der Waals surface area contributed by atoms with Crippen LogP contribution in [-0.2, 0) is 10.0 Å². The molecule has 0 spiro atoms. The maximum absolute atomic E-state index is 12.8. The molecule has 0 radical (unpaired) electrons. The van der Waals surface area contributed by atoms with Crippen molar-refractivity contribution in [1.29, 1.82) is 0 Å². The summed E-state index contributed by atoms with van der Waals surface area (Å²) in [5.74, 6) is 0. The molecule has 2 heterocycles. The fourth-order valence-corrected chi connectivity index (χ4v) is 3.94. The number of aromatic nitrogens is 2. The monoisotopic (exact) mass is 274 g/mol. The summed E-state index contributed by atoms with van der Waals surface area (Å²) >= 11 is 0. The molecule has 0 aliphatic heterocycles. The van der Waals surface area contributed by atoms with E-state index in [9.17, 15) is 8.42 Å². The highest BCUT2D eigenvalue weighted by molar-refractivity contribution is 7.91. The second-order valence-corrected chi connectivity index (χ2v) is 7.13. The van der Waals surface area contributed by atoms with Crippen molar-refractivity contribution in [3.05, 3.63) is 55.0 Å². The highest BCUT2D eigenvalue weighted by atomic mass is 32.2. The minimum atomic E-state index is -3.49. The molecule has 2 aromatic heterocycles. The normalized spacial score (nSPS) is 23.0. The van der Waals surface area contributed by atoms with E-state index in [2.05, 4.69) is 4.98 Å². The third kappa shape index (κ3) is 1.73. The molecule has 1 aliphatic carbocycles. The Morgan fingerprint density at radius 2 is 2.16 bits per heavy atom. The third-order valence-corrected chi connectivity index (χ3v) is 5.84. The maximum atomic E-state index is 12.8. The Morgan fingerprint density at radius 3 is 2.89 bits per heavy atom. The highest BCUT2D eigenvalue weighted by Gasteiger charge is 2.38. The molecule has 3 rings (SSSR count). The van der Waals surface area contributed by atoms with Gasteiger partial charge in [-0.15, -0.1) is 0 Å². The van der Waals surface area contributed by atoms with Crippen molar-refractivity contribution in [2.24, 2.45) is 0 Å². The lowest BCUT2D eigenvalue weighted by atomic mass is 10.0. The number of hydrogen-bond donors (Lipinski definition) is 0. The van der Waals surface area contributed by atoms with Gasteiger partial charge < -0.3 is 0 Å². The topological polar surface area (TPSA) is 52.0 Å². The van der Waals surface area contributed by atoms with Gasteiger partial charge in [0.25, 0.3) is 0 Å². The number of hydrogen-bond acceptors (Lipinski definition) is 3. The molecule has 0 fully saturated rings. The van der Waals surface area contributed by atoms with Crippen LogP contribution < -0.4 is 0 Å². The van der Waals surface area contributed by atoms with Gasteiger partial charge in [-0.2, -0.15) is 0 Å². The first-order valence-electron chi connectivity index (χ1n) is 6.05. The summed E-state index contributed by atoms with van der Waals surface area (Å²) in [6.45, 7) is 1.75. The standard InChI is InChI=1S/C14H14N2O2S/c1-14(7-3-2-4-8-14)19(17,18)16-10-6-12-11-15-9-5-13(12)16/h2-7,9-11H,8H2,1H3. The number of nitrogens with zero attached hydrogens (tertiary/aromatic N) is 2. The van der Waals surface area contributed by atoms with E-state index in [-0.39, 0.29) is 0 Å². The second kappa shape index (κ2) is 4.06. The maximum Gasteiger partial charge on any atom is 0.248 e. The van der Waals surface area contributed by atoms with Crippen LogP contribution in [0.3, 0.4) is 0 Å². The van der Waals surface area contributed by atoms with Gasteiger partial charge in [0.1, 0.15) is 4.75 Å². The molecule has 98 valence electrons. The summed E-state index contributed by atoms with van der Waals surface area (Å²) in [7, 11) is -3.49. The number of rotatable bonds is 2. The zero-order chi connectivity index (χ0) is 13.5. The Kier molecular flexibility index (Phi) is 2.60. The van der Waals surface area contributed by atoms with Gasteiger partial charge in [0.05, 0.1) is 5.52 Å². The Balaban J connectivity index is 2.20. The van der Waals surface area contributed by atoms with Crippen molar-refractivity contribution in [1.82, 2.24) is 8.96 Å². The Hall–Kier alpha value is -1.88. The van der Waals surface area contributed by atoms with Crippen molar-refractivity contribution in [3.8, 4) is 0 Å². The van der Waals surface area contributed by atoms with E-state index in [1.54, 1.807) is 49.8 Å². The summed E-state index contributed by atoms with van der Waals surface area (Å²) in [5.41, 5.74) is 0.666. The molecule has 0 amide bonds. The van der Waals surface area contributed by atoms with Crippen LogP contribution in [-0.4, -0.2) is 22.1 Å². The molecule has 2 aromatic rings. The van der Waals surface area contributed by atoms with Crippen LogP contribution in [0.1, 0.15) is 13.3 Å². The fraction of sp³-hybridized carbons (Fsp3) is 0.214. The Labute approximate surface area is 112 Å². The van der Waals surface area contributed by atoms with Crippen LogP contribution in [0, 0.1) is 0 Å². The van der Waals surface area contributed by atoms with Crippen molar-refractivity contribution in [2.45, 2.75) is 18.1 Å². The molecule has 1 unspecified atom stereocenters. The molecule has 1 aliphatic rings. The van der Waals surface area contributed by atoms with Gasteiger partial charge in [-0.25, -0.2) is 12.4 Å². The summed E-state index contributed by atoms with van der Waals surface area (Å²) in [6.07, 6.45) is 12.6. The van der Waals surface area contributed by atoms with Gasteiger partial charge in [-0.1, -0.05) is 24.3 Å². The number of allylic oxidation sites excluding steroid dienone is 3. The fourth-order valence-electron chi connectivity index (χ4n) is 2.29. The largest absolute Gasteiger partial charge is 0.264 e. The van der Waals surface area contributed by atoms with Gasteiger partial charge in [-0.05, 0) is 25.5 Å². The zero-order valence-corrected chi connectivity index (χ0v) is 11.3. The molecular formula is C14H14N2O2S. The van der Waals surface area contributed by atoms with E-state index < -0.39 is 14.8 Å². The van der Waals surface area contributed by atoms with Crippen LogP contribution >= 0.6 is 0 Å². The lowest BCUT2D eigenvalue weighted by Crippen LogP contribution is -2.37. The van der Waals surface area contributed by atoms with Crippen molar-refractivity contribution >= 4 is 20.9 Å². The first kappa shape index (κ1) is 12.2. The average molecular weight is 274 g/mol. The van der Waals surface area contributed by atoms with E-state index in [0.29, 0.717) is 11.9 Å². The lowest BCUT2D eigenvalue weighted by Gasteiger charge is -2.27. The summed E-state index contributed by atoms with van der Waals surface area (Å²) in [4.78, 5) is 4.00. The predicted octanol–water partition coefficient (Wildman–Crippen LogP) is 2.49. The second-order valence-electron chi connectivity index (χ2n) is 4.86. The molecule has 0 bridgehead atoms. The predicted molar refractivity (Wildman–Crippen MR) is 75.4 cm³/mol. The SMILES string of the molecule is CC1(S(=O)(=O)n2ccc3cnccc32)C=CC=CC1. The molecule has 1 atom stereocenters. The summed E-state index contributed by atoms with van der Waals surface area (Å²) in [5, 5.41) is 0.824. The van der Waals surface area contributed by atoms with Gasteiger partial charge in [0.15, 0.2) is 0 Å². The molecule has 0 aromatic carbocycles. The van der Waals surface area contributed by atoms with Gasteiger partial charge in [0.2, 0.25) is 10.0 Å². The Morgan fingerprint density at radius 1 is 1.32 bits per heavy atom. The summed E-state index contributed by atoms with van der Waals surface area (Å²) < 4.78 is 26.1. The average Bonchev–Trinajstić information content (AvgIpc) is 2.84. The van der Waals surface area contributed by atoms with Crippen LogP contribution in [0.25, 0.3) is 10.9 Å². The number of fused-ring (bicyclic) bond motifs is 1. The Bertz CT molecular complexity index is 787. The van der Waals surface area contributed by atoms with E-state index in [1.807, 2.05) is 12.2 Å².